The predicted octanol–water partition coefficient (Wildman–Crippen LogP) is 1.78. The van der Waals surface area contributed by atoms with Gasteiger partial charge in [-0.3, -0.25) is 0 Å². The lowest BCUT2D eigenvalue weighted by molar-refractivity contribution is -0.0519. The molecular weight excluding hydrogens is 221 g/mol. The van der Waals surface area contributed by atoms with Gasteiger partial charge in [0.15, 0.2) is 5.76 Å². The average Bonchev–Trinajstić information content (AvgIpc) is 2.01. The molecule has 0 saturated heterocycles. The summed E-state index contributed by atoms with van der Waals surface area (Å²) < 4.78 is 60.0. The summed E-state index contributed by atoms with van der Waals surface area (Å²) in [7, 11) is -5.60. The number of rotatable bonds is 2. The van der Waals surface area contributed by atoms with Crippen molar-refractivity contribution in [2.75, 3.05) is 0 Å². The molecule has 0 aliphatic heterocycles. The zero-order chi connectivity index (χ0) is 11.4. The minimum absolute atomic E-state index is 0.551. The van der Waals surface area contributed by atoms with E-state index in [9.17, 15) is 21.6 Å². The highest BCUT2D eigenvalue weighted by molar-refractivity contribution is 7.87. The second kappa shape index (κ2) is 4.37. The molecule has 0 amide bonds. The Hall–Kier alpha value is -1.16. The molecule has 80 valence electrons. The van der Waals surface area contributed by atoms with E-state index in [1.54, 1.807) is 0 Å². The fraction of sp³-hybridized carbons (Fsp3) is 0.429. The fourth-order valence-electron chi connectivity index (χ4n) is 0.430. The topological polar surface area (TPSA) is 43.4 Å². The molecule has 0 heterocycles. The van der Waals surface area contributed by atoms with E-state index >= 15 is 0 Å². The smallest absolute Gasteiger partial charge is 0.367 e. The standard InChI is InChI=1S/C7H7F3O3S/c1-3-5-6(4-2)13-14(11,12)7(8,9)10/h4H,1-2H3. The van der Waals surface area contributed by atoms with Crippen LogP contribution in [0.3, 0.4) is 0 Å². The highest BCUT2D eigenvalue weighted by Crippen LogP contribution is 2.26. The molecule has 0 rings (SSSR count). The summed E-state index contributed by atoms with van der Waals surface area (Å²) in [6.45, 7) is 2.65. The van der Waals surface area contributed by atoms with Crippen LogP contribution < -0.4 is 0 Å². The highest BCUT2D eigenvalue weighted by atomic mass is 32.2. The van der Waals surface area contributed by atoms with Crippen molar-refractivity contribution in [3.05, 3.63) is 11.8 Å². The molecule has 7 heteroatoms. The SMILES string of the molecule is CC#CC(=CC)OS(=O)(=O)C(F)(F)F. The lowest BCUT2D eigenvalue weighted by Gasteiger charge is -2.07. The number of hydrogen-bond donors (Lipinski definition) is 0. The van der Waals surface area contributed by atoms with Crippen LogP contribution in [0.25, 0.3) is 0 Å². The maximum absolute atomic E-state index is 11.8. The Morgan fingerprint density at radius 2 is 1.93 bits per heavy atom. The van der Waals surface area contributed by atoms with Gasteiger partial charge in [-0.15, -0.1) is 0 Å². The Morgan fingerprint density at radius 3 is 2.21 bits per heavy atom. The van der Waals surface area contributed by atoms with Gasteiger partial charge in [-0.2, -0.15) is 21.6 Å². The van der Waals surface area contributed by atoms with Crippen molar-refractivity contribution in [1.82, 2.24) is 0 Å². The van der Waals surface area contributed by atoms with Crippen LogP contribution in [0, 0.1) is 11.8 Å². The van der Waals surface area contributed by atoms with Gasteiger partial charge in [0, 0.05) is 0 Å². The molecule has 0 radical (unpaired) electrons. The molecule has 3 nitrogen and oxygen atoms in total. The van der Waals surface area contributed by atoms with Gasteiger partial charge in [0.1, 0.15) is 0 Å². The fourth-order valence-corrected chi connectivity index (χ4v) is 0.899. The first kappa shape index (κ1) is 12.8. The van der Waals surface area contributed by atoms with Crippen molar-refractivity contribution in [2.24, 2.45) is 0 Å². The molecule has 0 aromatic rings. The Bertz CT molecular complexity index is 381. The second-order valence-electron chi connectivity index (χ2n) is 2.01. The molecule has 0 atom stereocenters. The van der Waals surface area contributed by atoms with Crippen molar-refractivity contribution >= 4 is 10.1 Å². The van der Waals surface area contributed by atoms with E-state index in [4.69, 9.17) is 0 Å². The predicted molar refractivity (Wildman–Crippen MR) is 43.3 cm³/mol. The summed E-state index contributed by atoms with van der Waals surface area (Å²) in [5.74, 6) is 3.74. The van der Waals surface area contributed by atoms with Crippen LogP contribution in [-0.4, -0.2) is 13.9 Å². The monoisotopic (exact) mass is 228 g/mol. The van der Waals surface area contributed by atoms with Crippen LogP contribution in [0.5, 0.6) is 0 Å². The van der Waals surface area contributed by atoms with Crippen LogP contribution in [0.1, 0.15) is 13.8 Å². The maximum atomic E-state index is 11.8. The molecule has 0 aliphatic carbocycles. The minimum Gasteiger partial charge on any atom is -0.367 e. The lowest BCUT2D eigenvalue weighted by Crippen LogP contribution is -2.25. The Labute approximate surface area is 79.7 Å². The number of alkyl halides is 3. The third kappa shape index (κ3) is 3.30. The normalized spacial score (nSPS) is 13.1. The van der Waals surface area contributed by atoms with Gasteiger partial charge in [0.05, 0.1) is 0 Å². The van der Waals surface area contributed by atoms with E-state index in [2.05, 4.69) is 16.0 Å². The maximum Gasteiger partial charge on any atom is 0.534 e. The number of allylic oxidation sites excluding steroid dienone is 2. The molecule has 0 saturated carbocycles. The van der Waals surface area contributed by atoms with Crippen LogP contribution in [0.2, 0.25) is 0 Å². The van der Waals surface area contributed by atoms with Crippen LogP contribution in [-0.2, 0) is 14.3 Å². The molecule has 0 bridgehead atoms. The third-order valence-corrected chi connectivity index (χ3v) is 1.96. The van der Waals surface area contributed by atoms with E-state index in [1.807, 2.05) is 0 Å². The van der Waals surface area contributed by atoms with Gasteiger partial charge in [0.25, 0.3) is 0 Å². The molecule has 0 fully saturated rings. The Morgan fingerprint density at radius 1 is 1.43 bits per heavy atom. The molecule has 0 aromatic heterocycles. The molecule has 0 aromatic carbocycles. The summed E-state index contributed by atoms with van der Waals surface area (Å²) in [5.41, 5.74) is -5.43. The van der Waals surface area contributed by atoms with E-state index in [1.165, 1.54) is 13.8 Å². The Kier molecular flexibility index (Phi) is 4.01. The summed E-state index contributed by atoms with van der Waals surface area (Å²) >= 11 is 0. The van der Waals surface area contributed by atoms with Gasteiger partial charge in [-0.25, -0.2) is 0 Å². The van der Waals surface area contributed by atoms with Crippen molar-refractivity contribution in [3.63, 3.8) is 0 Å². The van der Waals surface area contributed by atoms with Crippen LogP contribution in [0.4, 0.5) is 13.2 Å². The molecule has 0 aliphatic rings. The van der Waals surface area contributed by atoms with Gasteiger partial charge < -0.3 is 4.18 Å². The van der Waals surface area contributed by atoms with Gasteiger partial charge >= 0.3 is 15.6 Å². The van der Waals surface area contributed by atoms with Gasteiger partial charge in [-0.1, -0.05) is 5.92 Å². The Balaban J connectivity index is 4.92. The van der Waals surface area contributed by atoms with Crippen molar-refractivity contribution in [2.45, 2.75) is 19.4 Å². The van der Waals surface area contributed by atoms with Gasteiger partial charge in [0.2, 0.25) is 0 Å². The lowest BCUT2D eigenvalue weighted by atomic mass is 10.5. The van der Waals surface area contributed by atoms with E-state index in [-0.39, 0.29) is 0 Å². The summed E-state index contributed by atoms with van der Waals surface area (Å²) in [6.07, 6.45) is 1.03. The van der Waals surface area contributed by atoms with Gasteiger partial charge in [-0.05, 0) is 25.8 Å². The zero-order valence-corrected chi connectivity index (χ0v) is 8.16. The second-order valence-corrected chi connectivity index (χ2v) is 3.55. The summed E-state index contributed by atoms with van der Waals surface area (Å²) in [4.78, 5) is 0. The number of halogens is 3. The van der Waals surface area contributed by atoms with Crippen molar-refractivity contribution in [3.8, 4) is 11.8 Å². The van der Waals surface area contributed by atoms with E-state index in [0.29, 0.717) is 0 Å². The zero-order valence-electron chi connectivity index (χ0n) is 7.34. The average molecular weight is 228 g/mol. The first-order chi connectivity index (χ1) is 6.24. The van der Waals surface area contributed by atoms with E-state index in [0.717, 1.165) is 6.08 Å². The third-order valence-electron chi connectivity index (χ3n) is 0.993. The first-order valence-corrected chi connectivity index (χ1v) is 4.75. The quantitative estimate of drug-likeness (QED) is 0.313. The van der Waals surface area contributed by atoms with Crippen molar-refractivity contribution < 1.29 is 25.8 Å². The van der Waals surface area contributed by atoms with Crippen LogP contribution in [0.15, 0.2) is 11.8 Å². The van der Waals surface area contributed by atoms with Crippen molar-refractivity contribution in [1.29, 1.82) is 0 Å². The molecule has 0 unspecified atom stereocenters. The minimum atomic E-state index is -5.60. The van der Waals surface area contributed by atoms with E-state index < -0.39 is 21.4 Å². The molecule has 0 spiro atoms. The summed E-state index contributed by atoms with van der Waals surface area (Å²) in [5, 5.41) is 0. The molecule has 0 N–H and O–H groups in total. The van der Waals surface area contributed by atoms with Crippen LogP contribution >= 0.6 is 0 Å². The summed E-state index contributed by atoms with van der Waals surface area (Å²) in [6, 6.07) is 0. The largest absolute Gasteiger partial charge is 0.534 e. The first-order valence-electron chi connectivity index (χ1n) is 3.34. The highest BCUT2D eigenvalue weighted by Gasteiger charge is 2.48. The molecular formula is C7H7F3O3S. The molecule has 14 heavy (non-hydrogen) atoms. The number of hydrogen-bond acceptors (Lipinski definition) is 3.